The quantitative estimate of drug-likeness (QED) is 0.928. The average Bonchev–Trinajstić information content (AvgIpc) is 2.97. The van der Waals surface area contributed by atoms with Crippen LogP contribution in [0.2, 0.25) is 0 Å². The first-order valence-electron chi connectivity index (χ1n) is 7.50. The van der Waals surface area contributed by atoms with Crippen molar-refractivity contribution < 1.29 is 4.39 Å². The molecule has 1 unspecified atom stereocenters. The number of hydrogen-bond donors (Lipinski definition) is 1. The van der Waals surface area contributed by atoms with E-state index in [0.29, 0.717) is 11.6 Å². The van der Waals surface area contributed by atoms with Gasteiger partial charge in [-0.2, -0.15) is 0 Å². The van der Waals surface area contributed by atoms with Crippen LogP contribution in [0.25, 0.3) is 0 Å². The Morgan fingerprint density at radius 1 is 1.19 bits per heavy atom. The molecule has 21 heavy (non-hydrogen) atoms. The summed E-state index contributed by atoms with van der Waals surface area (Å²) in [4.78, 5) is 2.14. The van der Waals surface area contributed by atoms with Gasteiger partial charge in [-0.25, -0.2) is 4.39 Å². The SMILES string of the molecule is C[C@@H](N)c1ccc(N2CCC(c3ccccc3)C2)c(F)c1. The van der Waals surface area contributed by atoms with Gasteiger partial charge in [0.2, 0.25) is 0 Å². The molecule has 2 aromatic rings. The Morgan fingerprint density at radius 2 is 1.95 bits per heavy atom. The van der Waals surface area contributed by atoms with Crippen LogP contribution in [0.5, 0.6) is 0 Å². The maximum atomic E-state index is 14.3. The molecule has 3 rings (SSSR count). The highest BCUT2D eigenvalue weighted by Gasteiger charge is 2.25. The highest BCUT2D eigenvalue weighted by Crippen LogP contribution is 2.32. The summed E-state index contributed by atoms with van der Waals surface area (Å²) >= 11 is 0. The Balaban J connectivity index is 1.77. The summed E-state index contributed by atoms with van der Waals surface area (Å²) in [7, 11) is 0. The van der Waals surface area contributed by atoms with Gasteiger partial charge in [0.05, 0.1) is 5.69 Å². The Kier molecular flexibility index (Phi) is 3.93. The van der Waals surface area contributed by atoms with Gasteiger partial charge in [-0.15, -0.1) is 0 Å². The van der Waals surface area contributed by atoms with E-state index in [-0.39, 0.29) is 11.9 Å². The third-order valence-electron chi connectivity index (χ3n) is 4.30. The average molecular weight is 284 g/mol. The van der Waals surface area contributed by atoms with Crippen LogP contribution in [0.1, 0.15) is 36.4 Å². The van der Waals surface area contributed by atoms with Gasteiger partial charge in [0.25, 0.3) is 0 Å². The zero-order valence-electron chi connectivity index (χ0n) is 12.3. The Morgan fingerprint density at radius 3 is 2.62 bits per heavy atom. The molecule has 0 spiro atoms. The van der Waals surface area contributed by atoms with E-state index in [1.54, 1.807) is 6.07 Å². The second-order valence-electron chi connectivity index (χ2n) is 5.84. The van der Waals surface area contributed by atoms with Crippen LogP contribution in [-0.4, -0.2) is 13.1 Å². The number of nitrogens with zero attached hydrogens (tertiary/aromatic N) is 1. The summed E-state index contributed by atoms with van der Waals surface area (Å²) in [6.45, 7) is 3.64. The predicted molar refractivity (Wildman–Crippen MR) is 85.0 cm³/mol. The van der Waals surface area contributed by atoms with Crippen molar-refractivity contribution in [1.29, 1.82) is 0 Å². The zero-order chi connectivity index (χ0) is 14.8. The van der Waals surface area contributed by atoms with Crippen molar-refractivity contribution in [3.8, 4) is 0 Å². The molecule has 0 bridgehead atoms. The first-order valence-corrected chi connectivity index (χ1v) is 7.50. The van der Waals surface area contributed by atoms with E-state index in [9.17, 15) is 4.39 Å². The fraction of sp³-hybridized carbons (Fsp3) is 0.333. The molecule has 1 aliphatic rings. The fourth-order valence-electron chi connectivity index (χ4n) is 3.04. The minimum Gasteiger partial charge on any atom is -0.369 e. The summed E-state index contributed by atoms with van der Waals surface area (Å²) in [5.41, 5.74) is 8.68. The lowest BCUT2D eigenvalue weighted by atomic mass is 9.99. The van der Waals surface area contributed by atoms with E-state index in [2.05, 4.69) is 29.2 Å². The van der Waals surface area contributed by atoms with Gasteiger partial charge in [0, 0.05) is 25.0 Å². The third kappa shape index (κ3) is 2.93. The molecule has 0 radical (unpaired) electrons. The number of anilines is 1. The minimum absolute atomic E-state index is 0.135. The Labute approximate surface area is 125 Å². The van der Waals surface area contributed by atoms with Crippen molar-refractivity contribution in [2.45, 2.75) is 25.3 Å². The summed E-state index contributed by atoms with van der Waals surface area (Å²) in [6.07, 6.45) is 1.07. The summed E-state index contributed by atoms with van der Waals surface area (Å²) < 4.78 is 14.3. The van der Waals surface area contributed by atoms with Gasteiger partial charge in [-0.3, -0.25) is 0 Å². The van der Waals surface area contributed by atoms with Crippen LogP contribution in [0.3, 0.4) is 0 Å². The van der Waals surface area contributed by atoms with Gasteiger partial charge < -0.3 is 10.6 Å². The second-order valence-corrected chi connectivity index (χ2v) is 5.84. The molecule has 2 nitrogen and oxygen atoms in total. The Hall–Kier alpha value is -1.87. The summed E-state index contributed by atoms with van der Waals surface area (Å²) in [6, 6.07) is 15.7. The molecule has 2 atom stereocenters. The molecule has 0 aliphatic carbocycles. The molecule has 1 saturated heterocycles. The van der Waals surface area contributed by atoms with Crippen molar-refractivity contribution in [3.63, 3.8) is 0 Å². The standard InChI is InChI=1S/C18H21FN2/c1-13(20)15-7-8-18(17(19)11-15)21-10-9-16(12-21)14-5-3-2-4-6-14/h2-8,11,13,16H,9-10,12,20H2,1H3/t13-,16?/m1/s1. The maximum Gasteiger partial charge on any atom is 0.146 e. The first-order chi connectivity index (χ1) is 10.1. The van der Waals surface area contributed by atoms with E-state index in [4.69, 9.17) is 5.73 Å². The molecule has 2 N–H and O–H groups in total. The highest BCUT2D eigenvalue weighted by atomic mass is 19.1. The van der Waals surface area contributed by atoms with Crippen molar-refractivity contribution >= 4 is 5.69 Å². The van der Waals surface area contributed by atoms with E-state index in [1.165, 1.54) is 5.56 Å². The zero-order valence-corrected chi connectivity index (χ0v) is 12.3. The molecule has 1 fully saturated rings. The third-order valence-corrected chi connectivity index (χ3v) is 4.30. The molecule has 110 valence electrons. The summed E-state index contributed by atoms with van der Waals surface area (Å²) in [5.74, 6) is 0.317. The number of nitrogens with two attached hydrogens (primary N) is 1. The van der Waals surface area contributed by atoms with Gasteiger partial charge in [-0.05, 0) is 36.6 Å². The fourth-order valence-corrected chi connectivity index (χ4v) is 3.04. The van der Waals surface area contributed by atoms with Gasteiger partial charge in [0.1, 0.15) is 5.82 Å². The van der Waals surface area contributed by atoms with Crippen LogP contribution < -0.4 is 10.6 Å². The van der Waals surface area contributed by atoms with Crippen LogP contribution in [0, 0.1) is 5.82 Å². The van der Waals surface area contributed by atoms with Crippen LogP contribution in [0.15, 0.2) is 48.5 Å². The number of hydrogen-bond acceptors (Lipinski definition) is 2. The highest BCUT2D eigenvalue weighted by molar-refractivity contribution is 5.51. The van der Waals surface area contributed by atoms with Crippen LogP contribution in [-0.2, 0) is 0 Å². The van der Waals surface area contributed by atoms with Gasteiger partial charge >= 0.3 is 0 Å². The maximum absolute atomic E-state index is 14.3. The van der Waals surface area contributed by atoms with E-state index in [0.717, 1.165) is 25.1 Å². The lowest BCUT2D eigenvalue weighted by Crippen LogP contribution is -2.20. The normalized spacial score (nSPS) is 19.8. The number of rotatable bonds is 3. The number of halogens is 1. The molecule has 0 aromatic heterocycles. The molecular weight excluding hydrogens is 263 g/mol. The van der Waals surface area contributed by atoms with E-state index in [1.807, 2.05) is 25.1 Å². The summed E-state index contributed by atoms with van der Waals surface area (Å²) in [5, 5.41) is 0. The van der Waals surface area contributed by atoms with Crippen molar-refractivity contribution in [2.24, 2.45) is 5.73 Å². The van der Waals surface area contributed by atoms with Crippen molar-refractivity contribution in [2.75, 3.05) is 18.0 Å². The smallest absolute Gasteiger partial charge is 0.146 e. The first kappa shape index (κ1) is 14.1. The molecule has 1 heterocycles. The number of benzene rings is 2. The van der Waals surface area contributed by atoms with Crippen LogP contribution >= 0.6 is 0 Å². The monoisotopic (exact) mass is 284 g/mol. The lowest BCUT2D eigenvalue weighted by Gasteiger charge is -2.20. The molecule has 0 amide bonds. The molecular formula is C18H21FN2. The van der Waals surface area contributed by atoms with E-state index < -0.39 is 0 Å². The van der Waals surface area contributed by atoms with Crippen molar-refractivity contribution in [1.82, 2.24) is 0 Å². The predicted octanol–water partition coefficient (Wildman–Crippen LogP) is 3.84. The van der Waals surface area contributed by atoms with Crippen LogP contribution in [0.4, 0.5) is 10.1 Å². The van der Waals surface area contributed by atoms with E-state index >= 15 is 0 Å². The molecule has 3 heteroatoms. The van der Waals surface area contributed by atoms with Gasteiger partial charge in [0.15, 0.2) is 0 Å². The second kappa shape index (κ2) is 5.86. The molecule has 0 saturated carbocycles. The Bertz CT molecular complexity index is 610. The van der Waals surface area contributed by atoms with Crippen molar-refractivity contribution in [3.05, 3.63) is 65.5 Å². The molecule has 2 aromatic carbocycles. The van der Waals surface area contributed by atoms with Gasteiger partial charge in [-0.1, -0.05) is 36.4 Å². The molecule has 1 aliphatic heterocycles. The largest absolute Gasteiger partial charge is 0.369 e. The lowest BCUT2D eigenvalue weighted by molar-refractivity contribution is 0.617. The minimum atomic E-state index is -0.168. The topological polar surface area (TPSA) is 29.3 Å².